The van der Waals surface area contributed by atoms with Crippen molar-refractivity contribution < 1.29 is 19.1 Å². The molecular formula is C15H18ClNO4. The van der Waals surface area contributed by atoms with Gasteiger partial charge in [-0.1, -0.05) is 11.6 Å². The monoisotopic (exact) mass is 311 g/mol. The largest absolute Gasteiger partial charge is 0.496 e. The van der Waals surface area contributed by atoms with Crippen molar-refractivity contribution in [1.29, 1.82) is 0 Å². The van der Waals surface area contributed by atoms with Crippen molar-refractivity contribution in [2.45, 2.75) is 12.8 Å². The summed E-state index contributed by atoms with van der Waals surface area (Å²) in [4.78, 5) is 25.9. The second-order valence-electron chi connectivity index (χ2n) is 4.96. The molecule has 1 aliphatic rings. The molecular weight excluding hydrogens is 294 g/mol. The summed E-state index contributed by atoms with van der Waals surface area (Å²) < 4.78 is 9.98. The Hall–Kier alpha value is -1.75. The smallest absolute Gasteiger partial charge is 0.310 e. The van der Waals surface area contributed by atoms with Crippen LogP contribution in [-0.2, 0) is 9.53 Å². The first-order valence-corrected chi connectivity index (χ1v) is 7.15. The number of rotatable bonds is 3. The Labute approximate surface area is 128 Å². The molecule has 6 heteroatoms. The number of amides is 1. The number of ether oxygens (including phenoxy) is 2. The van der Waals surface area contributed by atoms with Gasteiger partial charge in [0.05, 0.1) is 25.7 Å². The number of benzene rings is 1. The Morgan fingerprint density at radius 1 is 1.33 bits per heavy atom. The lowest BCUT2D eigenvalue weighted by Crippen LogP contribution is -2.42. The third-order valence-electron chi connectivity index (χ3n) is 3.64. The van der Waals surface area contributed by atoms with Gasteiger partial charge in [-0.3, -0.25) is 9.59 Å². The van der Waals surface area contributed by atoms with E-state index in [0.29, 0.717) is 29.4 Å². The van der Waals surface area contributed by atoms with Gasteiger partial charge in [-0.25, -0.2) is 0 Å². The molecule has 1 saturated heterocycles. The molecule has 0 aliphatic carbocycles. The SMILES string of the molecule is COC(=O)[C@H]1CCCN(C(=O)c2ccc(Cl)cc2OC)C1. The van der Waals surface area contributed by atoms with Gasteiger partial charge in [0.2, 0.25) is 0 Å². The summed E-state index contributed by atoms with van der Waals surface area (Å²) in [6.45, 7) is 0.995. The number of hydrogen-bond acceptors (Lipinski definition) is 4. The summed E-state index contributed by atoms with van der Waals surface area (Å²) in [5, 5.41) is 0.509. The lowest BCUT2D eigenvalue weighted by atomic mass is 9.97. The van der Waals surface area contributed by atoms with Crippen LogP contribution >= 0.6 is 11.6 Å². The number of esters is 1. The number of carbonyl (C=O) groups excluding carboxylic acids is 2. The maximum absolute atomic E-state index is 12.6. The molecule has 2 rings (SSSR count). The van der Waals surface area contributed by atoms with Gasteiger partial charge in [-0.05, 0) is 31.0 Å². The summed E-state index contributed by atoms with van der Waals surface area (Å²) >= 11 is 5.90. The molecule has 1 atom stereocenters. The Morgan fingerprint density at radius 2 is 2.10 bits per heavy atom. The van der Waals surface area contributed by atoms with Crippen LogP contribution < -0.4 is 4.74 Å². The van der Waals surface area contributed by atoms with Crippen LogP contribution in [0.25, 0.3) is 0 Å². The molecule has 5 nitrogen and oxygen atoms in total. The van der Waals surface area contributed by atoms with Crippen LogP contribution in [0, 0.1) is 5.92 Å². The molecule has 1 amide bonds. The summed E-state index contributed by atoms with van der Waals surface area (Å²) in [7, 11) is 2.86. The highest BCUT2D eigenvalue weighted by atomic mass is 35.5. The van der Waals surface area contributed by atoms with Gasteiger partial charge in [0.25, 0.3) is 5.91 Å². The van der Waals surface area contributed by atoms with E-state index in [4.69, 9.17) is 21.1 Å². The maximum atomic E-state index is 12.6. The van der Waals surface area contributed by atoms with E-state index in [9.17, 15) is 9.59 Å². The third kappa shape index (κ3) is 3.47. The normalized spacial score (nSPS) is 18.2. The molecule has 0 spiro atoms. The minimum absolute atomic E-state index is 0.155. The van der Waals surface area contributed by atoms with E-state index in [1.165, 1.54) is 14.2 Å². The van der Waals surface area contributed by atoms with Crippen molar-refractivity contribution in [1.82, 2.24) is 4.90 Å². The van der Waals surface area contributed by atoms with Gasteiger partial charge in [-0.15, -0.1) is 0 Å². The van der Waals surface area contributed by atoms with E-state index < -0.39 is 0 Å². The van der Waals surface area contributed by atoms with E-state index in [0.717, 1.165) is 12.8 Å². The molecule has 1 fully saturated rings. The van der Waals surface area contributed by atoms with E-state index in [2.05, 4.69) is 0 Å². The molecule has 1 aliphatic heterocycles. The fraction of sp³-hybridized carbons (Fsp3) is 0.467. The van der Waals surface area contributed by atoms with Gasteiger partial charge in [0.15, 0.2) is 0 Å². The molecule has 1 aromatic carbocycles. The first kappa shape index (κ1) is 15.6. The molecule has 114 valence electrons. The molecule has 21 heavy (non-hydrogen) atoms. The molecule has 1 aromatic rings. The maximum Gasteiger partial charge on any atom is 0.310 e. The van der Waals surface area contributed by atoms with E-state index in [1.807, 2.05) is 0 Å². The number of methoxy groups -OCH3 is 2. The van der Waals surface area contributed by atoms with Crippen LogP contribution in [0.2, 0.25) is 5.02 Å². The topological polar surface area (TPSA) is 55.8 Å². The molecule has 1 heterocycles. The van der Waals surface area contributed by atoms with Gasteiger partial charge in [0, 0.05) is 18.1 Å². The predicted octanol–water partition coefficient (Wildman–Crippen LogP) is 2.37. The zero-order valence-corrected chi connectivity index (χ0v) is 12.9. The first-order valence-electron chi connectivity index (χ1n) is 6.77. The lowest BCUT2D eigenvalue weighted by Gasteiger charge is -2.31. The Morgan fingerprint density at radius 3 is 2.76 bits per heavy atom. The van der Waals surface area contributed by atoms with Crippen molar-refractivity contribution in [3.05, 3.63) is 28.8 Å². The average molecular weight is 312 g/mol. The average Bonchev–Trinajstić information content (AvgIpc) is 2.53. The third-order valence-corrected chi connectivity index (χ3v) is 3.87. The van der Waals surface area contributed by atoms with Crippen molar-refractivity contribution >= 4 is 23.5 Å². The molecule has 0 saturated carbocycles. The minimum Gasteiger partial charge on any atom is -0.496 e. The van der Waals surface area contributed by atoms with Gasteiger partial charge in [-0.2, -0.15) is 0 Å². The quantitative estimate of drug-likeness (QED) is 0.804. The summed E-state index contributed by atoms with van der Waals surface area (Å²) in [5.74, 6) is -0.244. The van der Waals surface area contributed by atoms with Gasteiger partial charge < -0.3 is 14.4 Å². The van der Waals surface area contributed by atoms with E-state index in [-0.39, 0.29) is 17.8 Å². The van der Waals surface area contributed by atoms with Crippen LogP contribution in [0.3, 0.4) is 0 Å². The van der Waals surface area contributed by atoms with Crippen LogP contribution in [0.5, 0.6) is 5.75 Å². The number of carbonyl (C=O) groups is 2. The Balaban J connectivity index is 2.18. The highest BCUT2D eigenvalue weighted by Crippen LogP contribution is 2.26. The second-order valence-corrected chi connectivity index (χ2v) is 5.39. The number of likely N-dealkylation sites (tertiary alicyclic amines) is 1. The minimum atomic E-state index is -0.268. The molecule has 0 radical (unpaired) electrons. The molecule has 0 bridgehead atoms. The Kier molecular flexibility index (Phi) is 5.07. The molecule has 0 aromatic heterocycles. The van der Waals surface area contributed by atoms with Crippen molar-refractivity contribution in [3.8, 4) is 5.75 Å². The van der Waals surface area contributed by atoms with Crippen LogP contribution in [0.15, 0.2) is 18.2 Å². The second kappa shape index (κ2) is 6.80. The van der Waals surface area contributed by atoms with E-state index >= 15 is 0 Å². The highest BCUT2D eigenvalue weighted by molar-refractivity contribution is 6.30. The Bertz CT molecular complexity index is 546. The predicted molar refractivity (Wildman–Crippen MR) is 78.6 cm³/mol. The standard InChI is InChI=1S/C15H18ClNO4/c1-20-13-8-11(16)5-6-12(13)14(18)17-7-3-4-10(9-17)15(19)21-2/h5-6,8,10H,3-4,7,9H2,1-2H3/t10-/m0/s1. The van der Waals surface area contributed by atoms with Crippen LogP contribution in [0.4, 0.5) is 0 Å². The summed E-state index contributed by atoms with van der Waals surface area (Å²) in [6.07, 6.45) is 1.52. The number of nitrogens with zero attached hydrogens (tertiary/aromatic N) is 1. The summed E-state index contributed by atoms with van der Waals surface area (Å²) in [6, 6.07) is 4.90. The fourth-order valence-corrected chi connectivity index (χ4v) is 2.69. The van der Waals surface area contributed by atoms with Crippen molar-refractivity contribution in [3.63, 3.8) is 0 Å². The fourth-order valence-electron chi connectivity index (χ4n) is 2.53. The number of piperidine rings is 1. The molecule has 0 N–H and O–H groups in total. The zero-order chi connectivity index (χ0) is 15.4. The van der Waals surface area contributed by atoms with Crippen LogP contribution in [-0.4, -0.2) is 44.1 Å². The highest BCUT2D eigenvalue weighted by Gasteiger charge is 2.30. The van der Waals surface area contributed by atoms with Crippen molar-refractivity contribution in [2.24, 2.45) is 5.92 Å². The molecule has 0 unspecified atom stereocenters. The number of halogens is 1. The van der Waals surface area contributed by atoms with E-state index in [1.54, 1.807) is 23.1 Å². The van der Waals surface area contributed by atoms with Gasteiger partial charge in [0.1, 0.15) is 5.75 Å². The first-order chi connectivity index (χ1) is 10.1. The summed E-state index contributed by atoms with van der Waals surface area (Å²) in [5.41, 5.74) is 0.451. The van der Waals surface area contributed by atoms with Crippen LogP contribution in [0.1, 0.15) is 23.2 Å². The zero-order valence-electron chi connectivity index (χ0n) is 12.1. The number of hydrogen-bond donors (Lipinski definition) is 0. The van der Waals surface area contributed by atoms with Crippen molar-refractivity contribution in [2.75, 3.05) is 27.3 Å². The van der Waals surface area contributed by atoms with Gasteiger partial charge >= 0.3 is 5.97 Å². The lowest BCUT2D eigenvalue weighted by molar-refractivity contribution is -0.146.